The normalized spacial score (nSPS) is 20.2. The fourth-order valence-corrected chi connectivity index (χ4v) is 4.03. The van der Waals surface area contributed by atoms with Crippen LogP contribution in [-0.2, 0) is 15.3 Å². The minimum atomic E-state index is -0.882. The van der Waals surface area contributed by atoms with Crippen molar-refractivity contribution in [3.8, 4) is 11.4 Å². The topological polar surface area (TPSA) is 61.1 Å². The maximum absolute atomic E-state index is 13.4. The molecule has 0 saturated carbocycles. The van der Waals surface area contributed by atoms with E-state index in [0.29, 0.717) is 25.6 Å². The Kier molecular flexibility index (Phi) is 5.14. The summed E-state index contributed by atoms with van der Waals surface area (Å²) in [6, 6.07) is 12.2. The number of ether oxygens (including phenoxy) is 2. The fraction of sp³-hybridized carbons (Fsp3) is 0.250. The number of amidine groups is 1. The summed E-state index contributed by atoms with van der Waals surface area (Å²) in [5.74, 6) is 1.13. The first kappa shape index (κ1) is 20.3. The van der Waals surface area contributed by atoms with E-state index in [9.17, 15) is 4.39 Å². The minimum absolute atomic E-state index is 0.296. The van der Waals surface area contributed by atoms with Crippen molar-refractivity contribution in [2.45, 2.75) is 12.6 Å². The molecule has 2 aliphatic heterocycles. The van der Waals surface area contributed by atoms with Crippen LogP contribution < -0.4 is 4.74 Å². The van der Waals surface area contributed by atoms with Crippen LogP contribution in [0.15, 0.2) is 66.2 Å². The Morgan fingerprint density at radius 2 is 2.00 bits per heavy atom. The Morgan fingerprint density at radius 3 is 2.75 bits per heavy atom. The molecule has 1 aromatic heterocycles. The zero-order chi connectivity index (χ0) is 22.1. The molecule has 8 heteroatoms. The van der Waals surface area contributed by atoms with E-state index in [2.05, 4.69) is 15.0 Å². The van der Waals surface area contributed by atoms with E-state index in [0.717, 1.165) is 28.3 Å². The number of fused-ring (bicyclic) bond motifs is 1. The van der Waals surface area contributed by atoms with Gasteiger partial charge >= 0.3 is 0 Å². The van der Waals surface area contributed by atoms with Gasteiger partial charge in [0.25, 0.3) is 5.72 Å². The predicted octanol–water partition coefficient (Wildman–Crippen LogP) is 3.87. The Bertz CT molecular complexity index is 1190. The molecule has 3 heterocycles. The maximum atomic E-state index is 13.4. The lowest BCUT2D eigenvalue weighted by atomic mass is 10.00. The van der Waals surface area contributed by atoms with Crippen LogP contribution in [0.1, 0.15) is 16.8 Å². The van der Waals surface area contributed by atoms with Gasteiger partial charge in [0.1, 0.15) is 18.2 Å². The van der Waals surface area contributed by atoms with E-state index < -0.39 is 5.72 Å². The van der Waals surface area contributed by atoms with E-state index in [1.165, 1.54) is 12.1 Å². The van der Waals surface area contributed by atoms with Crippen LogP contribution in [-0.4, -0.2) is 47.2 Å². The van der Waals surface area contributed by atoms with Crippen molar-refractivity contribution >= 4 is 11.9 Å². The first-order valence-electron chi connectivity index (χ1n) is 10.3. The van der Waals surface area contributed by atoms with Crippen LogP contribution in [0.3, 0.4) is 0 Å². The molecule has 0 aliphatic carbocycles. The monoisotopic (exact) mass is 434 g/mol. The molecule has 0 spiro atoms. The van der Waals surface area contributed by atoms with Crippen molar-refractivity contribution < 1.29 is 18.7 Å². The molecular formula is C24H23FN4O3. The summed E-state index contributed by atoms with van der Waals surface area (Å²) in [6.45, 7) is 3.43. The summed E-state index contributed by atoms with van der Waals surface area (Å²) in [6.07, 6.45) is 7.59. The molecule has 2 aliphatic rings. The molecule has 1 fully saturated rings. The van der Waals surface area contributed by atoms with Gasteiger partial charge in [-0.1, -0.05) is 17.3 Å². The zero-order valence-electron chi connectivity index (χ0n) is 17.9. The largest absolute Gasteiger partial charge is 0.495 e. The van der Waals surface area contributed by atoms with E-state index in [4.69, 9.17) is 14.3 Å². The van der Waals surface area contributed by atoms with Crippen LogP contribution in [0.2, 0.25) is 0 Å². The van der Waals surface area contributed by atoms with Gasteiger partial charge in [0.2, 0.25) is 0 Å². The van der Waals surface area contributed by atoms with Gasteiger partial charge < -0.3 is 23.8 Å². The Morgan fingerprint density at radius 1 is 1.16 bits per heavy atom. The quantitative estimate of drug-likeness (QED) is 0.610. The number of hydrogen-bond donors (Lipinski definition) is 0. The lowest BCUT2D eigenvalue weighted by molar-refractivity contribution is -0.180. The number of nitrogens with zero attached hydrogens (tertiary/aromatic N) is 4. The van der Waals surface area contributed by atoms with Gasteiger partial charge in [-0.3, -0.25) is 0 Å². The molecule has 2 aromatic carbocycles. The molecule has 0 radical (unpaired) electrons. The first-order valence-corrected chi connectivity index (χ1v) is 10.3. The number of benzene rings is 2. The highest BCUT2D eigenvalue weighted by atomic mass is 19.1. The van der Waals surface area contributed by atoms with Gasteiger partial charge in [0.05, 0.1) is 31.4 Å². The lowest BCUT2D eigenvalue weighted by Gasteiger charge is -2.40. The first-order chi connectivity index (χ1) is 15.6. The third-order valence-corrected chi connectivity index (χ3v) is 5.67. The highest BCUT2D eigenvalue weighted by molar-refractivity contribution is 5.97. The number of halogens is 1. The molecule has 32 heavy (non-hydrogen) atoms. The summed E-state index contributed by atoms with van der Waals surface area (Å²) < 4.78 is 26.7. The Labute approximate surface area is 185 Å². The van der Waals surface area contributed by atoms with Gasteiger partial charge in [-0.05, 0) is 55.0 Å². The highest BCUT2D eigenvalue weighted by Gasteiger charge is 2.49. The molecule has 0 bridgehead atoms. The molecule has 1 saturated heterocycles. The molecule has 1 unspecified atom stereocenters. The van der Waals surface area contributed by atoms with Gasteiger partial charge in [0.15, 0.2) is 5.84 Å². The zero-order valence-corrected chi connectivity index (χ0v) is 17.9. The summed E-state index contributed by atoms with van der Waals surface area (Å²) in [5, 5.41) is 4.32. The van der Waals surface area contributed by atoms with Gasteiger partial charge in [0, 0.05) is 18.3 Å². The lowest BCUT2D eigenvalue weighted by Crippen LogP contribution is -2.54. The average Bonchev–Trinajstić information content (AvgIpc) is 3.42. The molecule has 0 N–H and O–H groups in total. The second-order valence-electron chi connectivity index (χ2n) is 7.72. The summed E-state index contributed by atoms with van der Waals surface area (Å²) in [5.41, 5.74) is 2.72. The van der Waals surface area contributed by atoms with Crippen molar-refractivity contribution in [3.63, 3.8) is 0 Å². The number of aryl methyl sites for hydroxylation is 1. The van der Waals surface area contributed by atoms with Crippen LogP contribution in [0.25, 0.3) is 11.8 Å². The molecule has 3 aromatic rings. The van der Waals surface area contributed by atoms with Gasteiger partial charge in [-0.2, -0.15) is 0 Å². The fourth-order valence-electron chi connectivity index (χ4n) is 4.03. The van der Waals surface area contributed by atoms with Crippen molar-refractivity contribution in [3.05, 3.63) is 83.7 Å². The number of oxime groups is 1. The summed E-state index contributed by atoms with van der Waals surface area (Å²) in [4.78, 5) is 12.2. The third kappa shape index (κ3) is 3.52. The maximum Gasteiger partial charge on any atom is 0.260 e. The van der Waals surface area contributed by atoms with Crippen LogP contribution in [0, 0.1) is 12.7 Å². The van der Waals surface area contributed by atoms with E-state index in [1.54, 1.807) is 25.6 Å². The van der Waals surface area contributed by atoms with Crippen LogP contribution in [0.4, 0.5) is 4.39 Å². The highest BCUT2D eigenvalue weighted by Crippen LogP contribution is 2.38. The SMILES string of the molecule is COc1cc(C=CC2=NOC3(c4ccc(F)cc4)COCCN23)ccc1-n1cnc(C)c1. The van der Waals surface area contributed by atoms with Crippen LogP contribution in [0.5, 0.6) is 5.75 Å². The number of aromatic nitrogens is 2. The predicted molar refractivity (Wildman–Crippen MR) is 118 cm³/mol. The second kappa shape index (κ2) is 8.12. The molecule has 7 nitrogen and oxygen atoms in total. The number of morpholine rings is 1. The number of methoxy groups -OCH3 is 1. The minimum Gasteiger partial charge on any atom is -0.495 e. The standard InChI is InChI=1S/C24H23FN4O3/c1-17-14-28(16-26-17)21-9-3-18(13-22(21)30-2)4-10-23-27-32-24(15-31-12-11-29(23)24)19-5-7-20(25)8-6-19/h3-10,13-14,16H,11-12,15H2,1-2H3. The number of hydrogen-bond acceptors (Lipinski definition) is 6. The van der Waals surface area contributed by atoms with E-state index in [1.807, 2.05) is 48.0 Å². The van der Waals surface area contributed by atoms with Gasteiger partial charge in [-0.15, -0.1) is 0 Å². The molecule has 0 amide bonds. The van der Waals surface area contributed by atoms with E-state index >= 15 is 0 Å². The Hall–Kier alpha value is -3.65. The van der Waals surface area contributed by atoms with Crippen molar-refractivity contribution in [1.82, 2.24) is 14.5 Å². The summed E-state index contributed by atoms with van der Waals surface area (Å²) >= 11 is 0. The molecule has 164 valence electrons. The Balaban J connectivity index is 1.40. The molecule has 5 rings (SSSR count). The smallest absolute Gasteiger partial charge is 0.260 e. The third-order valence-electron chi connectivity index (χ3n) is 5.67. The van der Waals surface area contributed by atoms with E-state index in [-0.39, 0.29) is 5.82 Å². The van der Waals surface area contributed by atoms with Crippen molar-refractivity contribution in [2.24, 2.45) is 5.16 Å². The number of rotatable bonds is 5. The van der Waals surface area contributed by atoms with Crippen molar-refractivity contribution in [2.75, 3.05) is 26.9 Å². The summed E-state index contributed by atoms with van der Waals surface area (Å²) in [7, 11) is 1.65. The van der Waals surface area contributed by atoms with Crippen molar-refractivity contribution in [1.29, 1.82) is 0 Å². The van der Waals surface area contributed by atoms with Gasteiger partial charge in [-0.25, -0.2) is 9.37 Å². The van der Waals surface area contributed by atoms with Crippen LogP contribution >= 0.6 is 0 Å². The molecule has 1 atom stereocenters. The number of imidazole rings is 1. The molecular weight excluding hydrogens is 411 g/mol. The average molecular weight is 434 g/mol. The second-order valence-corrected chi connectivity index (χ2v) is 7.72.